The number of carbonyl (C=O) groups excluding carboxylic acids is 1. The third-order valence-corrected chi connectivity index (χ3v) is 4.76. The summed E-state index contributed by atoms with van der Waals surface area (Å²) in [6.45, 7) is 0. The van der Waals surface area contributed by atoms with E-state index in [0.29, 0.717) is 6.42 Å². The highest BCUT2D eigenvalue weighted by molar-refractivity contribution is 5.52. The summed E-state index contributed by atoms with van der Waals surface area (Å²) in [6, 6.07) is 0. The number of hydrogen-bond acceptors (Lipinski definition) is 1. The molecular weight excluding hydrogens is 172 g/mol. The Morgan fingerprint density at radius 3 is 2.93 bits per heavy atom. The Balaban J connectivity index is 1.82. The Hall–Kier alpha value is -0.590. The van der Waals surface area contributed by atoms with Gasteiger partial charge in [0.15, 0.2) is 0 Å². The molecule has 0 aromatic carbocycles. The van der Waals surface area contributed by atoms with Crippen LogP contribution in [0.4, 0.5) is 0 Å². The van der Waals surface area contributed by atoms with Crippen LogP contribution in [0, 0.1) is 23.7 Å². The largest absolute Gasteiger partial charge is 0.303 e. The Morgan fingerprint density at radius 1 is 1.21 bits per heavy atom. The van der Waals surface area contributed by atoms with E-state index in [2.05, 4.69) is 6.08 Å². The van der Waals surface area contributed by atoms with Crippen molar-refractivity contribution in [3.63, 3.8) is 0 Å². The van der Waals surface area contributed by atoms with Crippen LogP contribution in [0.1, 0.15) is 38.5 Å². The minimum Gasteiger partial charge on any atom is -0.303 e. The molecule has 0 spiro atoms. The maximum Gasteiger partial charge on any atom is 0.123 e. The fourth-order valence-corrected chi connectivity index (χ4v) is 4.34. The van der Waals surface area contributed by atoms with Crippen LogP contribution in [-0.4, -0.2) is 6.29 Å². The van der Waals surface area contributed by atoms with Gasteiger partial charge in [-0.15, -0.1) is 0 Å². The number of rotatable bonds is 2. The highest BCUT2D eigenvalue weighted by Crippen LogP contribution is 2.60. The standard InChI is InChI=1S/C13H18O/c14-7-1-2-9-5-6-12-10-3-4-11(8-10)13(9)12/h2,7,10-13H,1,3-6,8H2/b9-2+/t10?,11?,12-,13+/m0/s1. The molecule has 0 amide bonds. The van der Waals surface area contributed by atoms with Gasteiger partial charge in [-0.05, 0) is 55.8 Å². The van der Waals surface area contributed by atoms with Crippen LogP contribution in [0.3, 0.4) is 0 Å². The fourth-order valence-electron chi connectivity index (χ4n) is 4.34. The number of hydrogen-bond donors (Lipinski definition) is 0. The van der Waals surface area contributed by atoms with Gasteiger partial charge in [0.1, 0.15) is 6.29 Å². The molecule has 3 saturated carbocycles. The first kappa shape index (κ1) is 8.70. The van der Waals surface area contributed by atoms with E-state index in [0.717, 1.165) is 30.0 Å². The molecule has 14 heavy (non-hydrogen) atoms. The average molecular weight is 190 g/mol. The molecule has 0 aromatic heterocycles. The monoisotopic (exact) mass is 190 g/mol. The van der Waals surface area contributed by atoms with E-state index < -0.39 is 0 Å². The van der Waals surface area contributed by atoms with Gasteiger partial charge in [0.2, 0.25) is 0 Å². The lowest BCUT2D eigenvalue weighted by Gasteiger charge is -2.25. The zero-order chi connectivity index (χ0) is 9.54. The van der Waals surface area contributed by atoms with Crippen molar-refractivity contribution < 1.29 is 4.79 Å². The molecule has 1 heteroatoms. The number of aldehydes is 1. The van der Waals surface area contributed by atoms with Crippen molar-refractivity contribution in [3.8, 4) is 0 Å². The van der Waals surface area contributed by atoms with Crippen molar-refractivity contribution in [1.82, 2.24) is 0 Å². The van der Waals surface area contributed by atoms with Crippen molar-refractivity contribution in [2.24, 2.45) is 23.7 Å². The summed E-state index contributed by atoms with van der Waals surface area (Å²) in [4.78, 5) is 10.4. The van der Waals surface area contributed by atoms with E-state index in [1.54, 1.807) is 5.57 Å². The van der Waals surface area contributed by atoms with Crippen molar-refractivity contribution >= 4 is 6.29 Å². The smallest absolute Gasteiger partial charge is 0.123 e. The van der Waals surface area contributed by atoms with Crippen LogP contribution in [0.25, 0.3) is 0 Å². The summed E-state index contributed by atoms with van der Waals surface area (Å²) in [5.74, 6) is 3.94. The third-order valence-electron chi connectivity index (χ3n) is 4.76. The first-order valence-corrected chi connectivity index (χ1v) is 6.02. The normalized spacial score (nSPS) is 47.3. The Kier molecular flexibility index (Phi) is 2.00. The van der Waals surface area contributed by atoms with Gasteiger partial charge in [0.05, 0.1) is 0 Å². The van der Waals surface area contributed by atoms with E-state index >= 15 is 0 Å². The second-order valence-corrected chi connectivity index (χ2v) is 5.24. The molecule has 2 bridgehead atoms. The minimum atomic E-state index is 0.649. The first-order chi connectivity index (χ1) is 6.90. The van der Waals surface area contributed by atoms with Gasteiger partial charge >= 0.3 is 0 Å². The molecule has 0 N–H and O–H groups in total. The lowest BCUT2D eigenvalue weighted by Crippen LogP contribution is -2.17. The molecule has 3 fully saturated rings. The lowest BCUT2D eigenvalue weighted by molar-refractivity contribution is -0.107. The molecule has 3 aliphatic carbocycles. The molecule has 3 rings (SSSR count). The van der Waals surface area contributed by atoms with Gasteiger partial charge in [-0.2, -0.15) is 0 Å². The maximum atomic E-state index is 10.4. The quantitative estimate of drug-likeness (QED) is 0.483. The predicted octanol–water partition coefficient (Wildman–Crippen LogP) is 2.96. The second-order valence-electron chi connectivity index (χ2n) is 5.24. The van der Waals surface area contributed by atoms with Crippen LogP contribution in [0.2, 0.25) is 0 Å². The Morgan fingerprint density at radius 2 is 2.07 bits per heavy atom. The molecule has 0 radical (unpaired) electrons. The summed E-state index contributed by atoms with van der Waals surface area (Å²) in [7, 11) is 0. The Bertz CT molecular complexity index is 279. The molecular formula is C13H18O. The van der Waals surface area contributed by atoms with Crippen molar-refractivity contribution in [2.45, 2.75) is 38.5 Å². The van der Waals surface area contributed by atoms with Crippen molar-refractivity contribution in [1.29, 1.82) is 0 Å². The lowest BCUT2D eigenvalue weighted by atomic mass is 9.80. The van der Waals surface area contributed by atoms with Gasteiger partial charge in [0, 0.05) is 6.42 Å². The van der Waals surface area contributed by atoms with Crippen molar-refractivity contribution in [3.05, 3.63) is 11.6 Å². The fraction of sp³-hybridized carbons (Fsp3) is 0.769. The SMILES string of the molecule is O=CC/C=C1\CC[C@H]2C3CCC(C3)[C@@H]12. The molecule has 3 aliphatic rings. The number of allylic oxidation sites excluding steroid dienone is 2. The molecule has 1 nitrogen and oxygen atoms in total. The molecule has 0 aliphatic heterocycles. The van der Waals surface area contributed by atoms with E-state index in [4.69, 9.17) is 0 Å². The van der Waals surface area contributed by atoms with E-state index in [9.17, 15) is 4.79 Å². The summed E-state index contributed by atoms with van der Waals surface area (Å²) < 4.78 is 0. The van der Waals surface area contributed by atoms with E-state index in [-0.39, 0.29) is 0 Å². The van der Waals surface area contributed by atoms with Gasteiger partial charge < -0.3 is 4.79 Å². The summed E-state index contributed by atoms with van der Waals surface area (Å²) in [5.41, 5.74) is 1.63. The van der Waals surface area contributed by atoms with E-state index in [1.165, 1.54) is 32.1 Å². The van der Waals surface area contributed by atoms with E-state index in [1.807, 2.05) is 0 Å². The first-order valence-electron chi connectivity index (χ1n) is 6.02. The summed E-state index contributed by atoms with van der Waals surface area (Å²) >= 11 is 0. The molecule has 0 saturated heterocycles. The second kappa shape index (κ2) is 3.22. The molecule has 0 heterocycles. The average Bonchev–Trinajstić information content (AvgIpc) is 2.87. The third kappa shape index (κ3) is 1.11. The van der Waals surface area contributed by atoms with Gasteiger partial charge in [-0.25, -0.2) is 0 Å². The number of carbonyl (C=O) groups is 1. The van der Waals surface area contributed by atoms with Crippen molar-refractivity contribution in [2.75, 3.05) is 0 Å². The van der Waals surface area contributed by atoms with Crippen LogP contribution < -0.4 is 0 Å². The van der Waals surface area contributed by atoms with Gasteiger partial charge in [0.25, 0.3) is 0 Å². The molecule has 4 atom stereocenters. The van der Waals surface area contributed by atoms with Crippen LogP contribution in [-0.2, 0) is 4.79 Å². The topological polar surface area (TPSA) is 17.1 Å². The summed E-state index contributed by atoms with van der Waals surface area (Å²) in [5, 5.41) is 0. The zero-order valence-corrected chi connectivity index (χ0v) is 8.61. The molecule has 76 valence electrons. The summed E-state index contributed by atoms with van der Waals surface area (Å²) in [6.07, 6.45) is 11.1. The zero-order valence-electron chi connectivity index (χ0n) is 8.61. The van der Waals surface area contributed by atoms with Crippen LogP contribution >= 0.6 is 0 Å². The van der Waals surface area contributed by atoms with Gasteiger partial charge in [-0.3, -0.25) is 0 Å². The molecule has 2 unspecified atom stereocenters. The van der Waals surface area contributed by atoms with Crippen LogP contribution in [0.15, 0.2) is 11.6 Å². The molecule has 0 aromatic rings. The Labute approximate surface area is 85.6 Å². The van der Waals surface area contributed by atoms with Crippen LogP contribution in [0.5, 0.6) is 0 Å². The maximum absolute atomic E-state index is 10.4. The highest BCUT2D eigenvalue weighted by Gasteiger charge is 2.50. The highest BCUT2D eigenvalue weighted by atomic mass is 16.1. The number of fused-ring (bicyclic) bond motifs is 5. The minimum absolute atomic E-state index is 0.649. The van der Waals surface area contributed by atoms with Gasteiger partial charge in [-0.1, -0.05) is 11.6 Å². The predicted molar refractivity (Wildman–Crippen MR) is 55.8 cm³/mol.